The quantitative estimate of drug-likeness (QED) is 0.649. The molecule has 0 aliphatic heterocycles. The van der Waals surface area contributed by atoms with Gasteiger partial charge in [-0.25, -0.2) is 0 Å². The van der Waals surface area contributed by atoms with Gasteiger partial charge in [-0.1, -0.05) is 0 Å². The molecule has 1 heterocycles. The molecule has 1 atom stereocenters. The molecule has 1 aliphatic rings. The number of aromatic nitrogens is 1. The Hall–Kier alpha value is -0.890. The van der Waals surface area contributed by atoms with E-state index in [0.717, 1.165) is 0 Å². The Morgan fingerprint density at radius 3 is 3.36 bits per heavy atom. The van der Waals surface area contributed by atoms with Crippen molar-refractivity contribution in [1.82, 2.24) is 10.3 Å². The molecule has 2 heteroatoms. The lowest BCUT2D eigenvalue weighted by Crippen LogP contribution is -2.12. The first kappa shape index (κ1) is 6.80. The van der Waals surface area contributed by atoms with Crippen LogP contribution in [0.5, 0.6) is 0 Å². The van der Waals surface area contributed by atoms with E-state index in [1.165, 1.54) is 24.0 Å². The Labute approximate surface area is 66.7 Å². The van der Waals surface area contributed by atoms with Crippen molar-refractivity contribution in [1.29, 1.82) is 0 Å². The molecular weight excluding hydrogens is 136 g/mol. The van der Waals surface area contributed by atoms with Crippen LogP contribution in [0.4, 0.5) is 0 Å². The molecular formula is C9H12N2. The number of rotatable bonds is 1. The van der Waals surface area contributed by atoms with E-state index in [4.69, 9.17) is 0 Å². The third kappa shape index (κ3) is 1.03. The van der Waals surface area contributed by atoms with Crippen LogP contribution in [-0.4, -0.2) is 12.0 Å². The second-order valence-electron chi connectivity index (χ2n) is 2.95. The van der Waals surface area contributed by atoms with Gasteiger partial charge in [-0.15, -0.1) is 0 Å². The molecule has 58 valence electrons. The molecule has 0 spiro atoms. The van der Waals surface area contributed by atoms with Crippen LogP contribution in [0.1, 0.15) is 23.6 Å². The van der Waals surface area contributed by atoms with E-state index in [1.807, 2.05) is 19.4 Å². The maximum atomic E-state index is 4.11. The van der Waals surface area contributed by atoms with Crippen molar-refractivity contribution >= 4 is 0 Å². The largest absolute Gasteiger partial charge is 0.313 e. The first-order valence-corrected chi connectivity index (χ1v) is 4.02. The topological polar surface area (TPSA) is 24.9 Å². The SMILES string of the molecule is CNC1CCc2ccncc21. The third-order valence-corrected chi connectivity index (χ3v) is 2.37. The summed E-state index contributed by atoms with van der Waals surface area (Å²) in [6.07, 6.45) is 6.27. The van der Waals surface area contributed by atoms with Gasteiger partial charge in [0.2, 0.25) is 0 Å². The van der Waals surface area contributed by atoms with E-state index < -0.39 is 0 Å². The molecule has 1 unspecified atom stereocenters. The number of aryl methyl sites for hydroxylation is 1. The number of hydrogen-bond donors (Lipinski definition) is 1. The standard InChI is InChI=1S/C9H12N2/c1-10-9-3-2-7-4-5-11-6-8(7)9/h4-6,9-10H,2-3H2,1H3. The molecule has 0 saturated heterocycles. The molecule has 2 rings (SSSR count). The van der Waals surface area contributed by atoms with E-state index in [9.17, 15) is 0 Å². The highest BCUT2D eigenvalue weighted by molar-refractivity contribution is 5.31. The summed E-state index contributed by atoms with van der Waals surface area (Å²) < 4.78 is 0. The van der Waals surface area contributed by atoms with Gasteiger partial charge in [0.25, 0.3) is 0 Å². The number of fused-ring (bicyclic) bond motifs is 1. The van der Waals surface area contributed by atoms with Crippen LogP contribution < -0.4 is 5.32 Å². The number of nitrogens with one attached hydrogen (secondary N) is 1. The van der Waals surface area contributed by atoms with E-state index in [0.29, 0.717) is 6.04 Å². The van der Waals surface area contributed by atoms with Crippen LogP contribution in [-0.2, 0) is 6.42 Å². The normalized spacial score (nSPS) is 21.7. The Bertz CT molecular complexity index is 257. The van der Waals surface area contributed by atoms with Gasteiger partial charge >= 0.3 is 0 Å². The lowest BCUT2D eigenvalue weighted by atomic mass is 10.1. The fourth-order valence-corrected chi connectivity index (χ4v) is 1.73. The van der Waals surface area contributed by atoms with E-state index in [1.54, 1.807) is 0 Å². The van der Waals surface area contributed by atoms with Crippen molar-refractivity contribution in [3.8, 4) is 0 Å². The van der Waals surface area contributed by atoms with Crippen LogP contribution in [0, 0.1) is 0 Å². The minimum atomic E-state index is 0.540. The van der Waals surface area contributed by atoms with Gasteiger partial charge in [-0.05, 0) is 37.1 Å². The number of nitrogens with zero attached hydrogens (tertiary/aromatic N) is 1. The average Bonchev–Trinajstić information content (AvgIpc) is 2.47. The van der Waals surface area contributed by atoms with Gasteiger partial charge < -0.3 is 5.32 Å². The number of hydrogen-bond acceptors (Lipinski definition) is 2. The second-order valence-corrected chi connectivity index (χ2v) is 2.95. The Balaban J connectivity index is 2.39. The van der Waals surface area contributed by atoms with Gasteiger partial charge in [0.15, 0.2) is 0 Å². The van der Waals surface area contributed by atoms with Crippen molar-refractivity contribution < 1.29 is 0 Å². The van der Waals surface area contributed by atoms with Crippen LogP contribution in [0.2, 0.25) is 0 Å². The zero-order valence-corrected chi connectivity index (χ0v) is 6.67. The summed E-state index contributed by atoms with van der Waals surface area (Å²) in [5.74, 6) is 0. The van der Waals surface area contributed by atoms with Crippen molar-refractivity contribution in [3.63, 3.8) is 0 Å². The summed E-state index contributed by atoms with van der Waals surface area (Å²) in [6.45, 7) is 0. The summed E-state index contributed by atoms with van der Waals surface area (Å²) in [5.41, 5.74) is 2.84. The maximum Gasteiger partial charge on any atom is 0.0338 e. The molecule has 1 aromatic heterocycles. The van der Waals surface area contributed by atoms with Crippen molar-refractivity contribution in [2.75, 3.05) is 7.05 Å². The summed E-state index contributed by atoms with van der Waals surface area (Å²) in [7, 11) is 2.01. The minimum Gasteiger partial charge on any atom is -0.313 e. The van der Waals surface area contributed by atoms with E-state index in [-0.39, 0.29) is 0 Å². The van der Waals surface area contributed by atoms with Crippen molar-refractivity contribution in [2.45, 2.75) is 18.9 Å². The van der Waals surface area contributed by atoms with Crippen LogP contribution >= 0.6 is 0 Å². The molecule has 0 bridgehead atoms. The van der Waals surface area contributed by atoms with Gasteiger partial charge in [-0.3, -0.25) is 4.98 Å². The molecule has 0 fully saturated rings. The van der Waals surface area contributed by atoms with Crippen LogP contribution in [0.3, 0.4) is 0 Å². The predicted octanol–water partition coefficient (Wildman–Crippen LogP) is 1.29. The number of pyridine rings is 1. The molecule has 0 amide bonds. The van der Waals surface area contributed by atoms with Crippen LogP contribution in [0.25, 0.3) is 0 Å². The highest BCUT2D eigenvalue weighted by atomic mass is 14.9. The minimum absolute atomic E-state index is 0.540. The second kappa shape index (κ2) is 2.62. The third-order valence-electron chi connectivity index (χ3n) is 2.37. The van der Waals surface area contributed by atoms with Crippen molar-refractivity contribution in [3.05, 3.63) is 29.6 Å². The average molecular weight is 148 g/mol. The molecule has 1 aliphatic carbocycles. The van der Waals surface area contributed by atoms with Crippen molar-refractivity contribution in [2.24, 2.45) is 0 Å². The van der Waals surface area contributed by atoms with E-state index in [2.05, 4.69) is 16.4 Å². The zero-order chi connectivity index (χ0) is 7.68. The van der Waals surface area contributed by atoms with Gasteiger partial charge in [0.1, 0.15) is 0 Å². The first-order chi connectivity index (χ1) is 5.42. The summed E-state index contributed by atoms with van der Waals surface area (Å²) in [4.78, 5) is 4.11. The first-order valence-electron chi connectivity index (χ1n) is 4.02. The highest BCUT2D eigenvalue weighted by Gasteiger charge is 2.19. The smallest absolute Gasteiger partial charge is 0.0338 e. The Morgan fingerprint density at radius 2 is 2.55 bits per heavy atom. The molecule has 0 saturated carbocycles. The predicted molar refractivity (Wildman–Crippen MR) is 44.4 cm³/mol. The molecule has 2 nitrogen and oxygen atoms in total. The summed E-state index contributed by atoms with van der Waals surface area (Å²) in [5, 5.41) is 3.28. The van der Waals surface area contributed by atoms with Gasteiger partial charge in [-0.2, -0.15) is 0 Å². The Morgan fingerprint density at radius 1 is 1.64 bits per heavy atom. The lowest BCUT2D eigenvalue weighted by Gasteiger charge is -2.07. The fourth-order valence-electron chi connectivity index (χ4n) is 1.73. The lowest BCUT2D eigenvalue weighted by molar-refractivity contribution is 0.589. The molecule has 0 radical (unpaired) electrons. The Kier molecular flexibility index (Phi) is 1.62. The highest BCUT2D eigenvalue weighted by Crippen LogP contribution is 2.29. The zero-order valence-electron chi connectivity index (χ0n) is 6.67. The van der Waals surface area contributed by atoms with Crippen LogP contribution in [0.15, 0.2) is 18.5 Å². The monoisotopic (exact) mass is 148 g/mol. The molecule has 1 N–H and O–H groups in total. The molecule has 11 heavy (non-hydrogen) atoms. The maximum absolute atomic E-state index is 4.11. The molecule has 1 aromatic rings. The van der Waals surface area contributed by atoms with Gasteiger partial charge in [0, 0.05) is 18.4 Å². The van der Waals surface area contributed by atoms with Gasteiger partial charge in [0.05, 0.1) is 0 Å². The van der Waals surface area contributed by atoms with E-state index >= 15 is 0 Å². The molecule has 0 aromatic carbocycles. The summed E-state index contributed by atoms with van der Waals surface area (Å²) >= 11 is 0. The summed E-state index contributed by atoms with van der Waals surface area (Å²) in [6, 6.07) is 2.66. The fraction of sp³-hybridized carbons (Fsp3) is 0.444.